The highest BCUT2D eigenvalue weighted by Gasteiger charge is 2.30. The second-order valence-corrected chi connectivity index (χ2v) is 4.64. The summed E-state index contributed by atoms with van der Waals surface area (Å²) < 4.78 is 72.0. The Morgan fingerprint density at radius 1 is 1.11 bits per heavy atom. The van der Waals surface area contributed by atoms with Crippen LogP contribution in [0.4, 0.5) is 26.3 Å². The van der Waals surface area contributed by atoms with Gasteiger partial charge in [-0.2, -0.15) is 26.3 Å². The zero-order chi connectivity index (χ0) is 14.5. The van der Waals surface area contributed by atoms with Crippen molar-refractivity contribution in [3.8, 4) is 0 Å². The van der Waals surface area contributed by atoms with Gasteiger partial charge in [-0.05, 0) is 12.1 Å². The Morgan fingerprint density at radius 2 is 1.79 bits per heavy atom. The van der Waals surface area contributed by atoms with E-state index in [9.17, 15) is 26.3 Å². The van der Waals surface area contributed by atoms with Crippen molar-refractivity contribution in [3.05, 3.63) is 23.9 Å². The Bertz CT molecular complexity index is 386. The molecule has 0 fully saturated rings. The molecule has 0 aliphatic carbocycles. The Labute approximate surface area is 109 Å². The Morgan fingerprint density at radius 3 is 2.26 bits per heavy atom. The van der Waals surface area contributed by atoms with Crippen LogP contribution >= 0.6 is 11.8 Å². The third kappa shape index (κ3) is 6.67. The van der Waals surface area contributed by atoms with Crippen LogP contribution in [0, 0.1) is 0 Å². The predicted octanol–water partition coefficient (Wildman–Crippen LogP) is 3.34. The van der Waals surface area contributed by atoms with Crippen LogP contribution in [-0.4, -0.2) is 30.0 Å². The molecule has 1 rings (SSSR count). The standard InChI is InChI=1S/C10H10F6N2S/c11-9(12,13)6-17-3-4-19-8-2-1-7(5-18-8)10(14,15)16/h1-2,5,17H,3-4,6H2. The van der Waals surface area contributed by atoms with E-state index in [4.69, 9.17) is 0 Å². The average Bonchev–Trinajstić information content (AvgIpc) is 2.26. The first kappa shape index (κ1) is 16.1. The minimum Gasteiger partial charge on any atom is -0.308 e. The summed E-state index contributed by atoms with van der Waals surface area (Å²) in [4.78, 5) is 3.58. The second-order valence-electron chi connectivity index (χ2n) is 3.52. The molecule has 0 aliphatic heterocycles. The van der Waals surface area contributed by atoms with Gasteiger partial charge in [-0.25, -0.2) is 4.98 Å². The quantitative estimate of drug-likeness (QED) is 0.513. The fourth-order valence-corrected chi connectivity index (χ4v) is 1.84. The van der Waals surface area contributed by atoms with Crippen LogP contribution in [0.3, 0.4) is 0 Å². The van der Waals surface area contributed by atoms with Crippen molar-refractivity contribution in [3.63, 3.8) is 0 Å². The van der Waals surface area contributed by atoms with Crippen LogP contribution < -0.4 is 5.32 Å². The number of hydrogen-bond acceptors (Lipinski definition) is 3. The van der Waals surface area contributed by atoms with Crippen LogP contribution in [0.25, 0.3) is 0 Å². The molecule has 0 radical (unpaired) electrons. The van der Waals surface area contributed by atoms with Gasteiger partial charge in [0.15, 0.2) is 0 Å². The lowest BCUT2D eigenvalue weighted by Crippen LogP contribution is -2.30. The molecule has 19 heavy (non-hydrogen) atoms. The molecular weight excluding hydrogens is 294 g/mol. The summed E-state index contributed by atoms with van der Waals surface area (Å²) in [5, 5.41) is 2.51. The van der Waals surface area contributed by atoms with Crippen molar-refractivity contribution in [2.75, 3.05) is 18.8 Å². The summed E-state index contributed by atoms with van der Waals surface area (Å²) in [6.07, 6.45) is -8.01. The molecule has 0 spiro atoms. The largest absolute Gasteiger partial charge is 0.417 e. The number of aromatic nitrogens is 1. The van der Waals surface area contributed by atoms with Gasteiger partial charge < -0.3 is 5.32 Å². The number of thioether (sulfide) groups is 1. The fourth-order valence-electron chi connectivity index (χ4n) is 1.09. The molecule has 0 aliphatic rings. The lowest BCUT2D eigenvalue weighted by atomic mass is 10.3. The van der Waals surface area contributed by atoms with E-state index < -0.39 is 24.5 Å². The van der Waals surface area contributed by atoms with E-state index in [2.05, 4.69) is 10.3 Å². The van der Waals surface area contributed by atoms with E-state index in [1.54, 1.807) is 0 Å². The molecule has 2 nitrogen and oxygen atoms in total. The van der Waals surface area contributed by atoms with Crippen LogP contribution in [0.1, 0.15) is 5.56 Å². The SMILES string of the molecule is FC(F)(F)CNCCSc1ccc(C(F)(F)F)cn1. The third-order valence-electron chi connectivity index (χ3n) is 1.92. The molecule has 0 atom stereocenters. The van der Waals surface area contributed by atoms with Crippen LogP contribution in [0.15, 0.2) is 23.4 Å². The highest BCUT2D eigenvalue weighted by Crippen LogP contribution is 2.29. The molecule has 0 aromatic carbocycles. The first-order valence-electron chi connectivity index (χ1n) is 5.12. The normalized spacial score (nSPS) is 12.7. The molecule has 9 heteroatoms. The van der Waals surface area contributed by atoms with E-state index in [0.29, 0.717) is 11.2 Å². The number of hydrogen-bond donors (Lipinski definition) is 1. The van der Waals surface area contributed by atoms with Crippen molar-refractivity contribution < 1.29 is 26.3 Å². The lowest BCUT2D eigenvalue weighted by Gasteiger charge is -2.08. The van der Waals surface area contributed by atoms with Gasteiger partial charge in [0.05, 0.1) is 17.1 Å². The van der Waals surface area contributed by atoms with Gasteiger partial charge in [-0.15, -0.1) is 11.8 Å². The molecule has 0 unspecified atom stereocenters. The monoisotopic (exact) mass is 304 g/mol. The maximum Gasteiger partial charge on any atom is 0.417 e. The number of pyridine rings is 1. The maximum absolute atomic E-state index is 12.2. The third-order valence-corrected chi connectivity index (χ3v) is 2.86. The van der Waals surface area contributed by atoms with E-state index in [1.807, 2.05) is 0 Å². The van der Waals surface area contributed by atoms with Crippen molar-refractivity contribution in [2.24, 2.45) is 0 Å². The zero-order valence-electron chi connectivity index (χ0n) is 9.48. The van der Waals surface area contributed by atoms with Crippen molar-refractivity contribution >= 4 is 11.8 Å². The number of nitrogens with zero attached hydrogens (tertiary/aromatic N) is 1. The van der Waals surface area contributed by atoms with Crippen LogP contribution in [0.2, 0.25) is 0 Å². The van der Waals surface area contributed by atoms with Crippen molar-refractivity contribution in [1.82, 2.24) is 10.3 Å². The van der Waals surface area contributed by atoms with Gasteiger partial charge in [0.25, 0.3) is 0 Å². The summed E-state index contributed by atoms with van der Waals surface area (Å²) in [7, 11) is 0. The van der Waals surface area contributed by atoms with Gasteiger partial charge in [0.2, 0.25) is 0 Å². The fraction of sp³-hybridized carbons (Fsp3) is 0.500. The number of alkyl halides is 6. The van der Waals surface area contributed by atoms with E-state index in [-0.39, 0.29) is 12.3 Å². The highest BCUT2D eigenvalue weighted by molar-refractivity contribution is 7.99. The summed E-state index contributed by atoms with van der Waals surface area (Å²) in [5.74, 6) is 0.286. The molecule has 1 N–H and O–H groups in total. The predicted molar refractivity (Wildman–Crippen MR) is 58.9 cm³/mol. The van der Waals surface area contributed by atoms with Gasteiger partial charge in [0.1, 0.15) is 0 Å². The summed E-state index contributed by atoms with van der Waals surface area (Å²) in [6, 6.07) is 2.08. The molecule has 108 valence electrons. The van der Waals surface area contributed by atoms with E-state index in [0.717, 1.165) is 17.8 Å². The molecular formula is C10H10F6N2S. The minimum atomic E-state index is -4.44. The molecule has 0 amide bonds. The molecule has 0 bridgehead atoms. The van der Waals surface area contributed by atoms with Crippen molar-refractivity contribution in [1.29, 1.82) is 0 Å². The molecule has 0 saturated heterocycles. The molecule has 1 aromatic heterocycles. The van der Waals surface area contributed by atoms with Crippen LogP contribution in [0.5, 0.6) is 0 Å². The first-order chi connectivity index (χ1) is 8.68. The number of nitrogens with one attached hydrogen (secondary N) is 1. The summed E-state index contributed by atoms with van der Waals surface area (Å²) >= 11 is 1.08. The van der Waals surface area contributed by atoms with Crippen molar-refractivity contribution in [2.45, 2.75) is 17.4 Å². The number of halogens is 6. The topological polar surface area (TPSA) is 24.9 Å². The summed E-state index contributed by atoms with van der Waals surface area (Å²) in [5.41, 5.74) is -0.855. The first-order valence-corrected chi connectivity index (χ1v) is 6.10. The number of rotatable bonds is 5. The second kappa shape index (κ2) is 6.47. The van der Waals surface area contributed by atoms with Crippen LogP contribution in [-0.2, 0) is 6.18 Å². The summed E-state index contributed by atoms with van der Waals surface area (Å²) in [6.45, 7) is -0.999. The van der Waals surface area contributed by atoms with Gasteiger partial charge in [-0.3, -0.25) is 0 Å². The Balaban J connectivity index is 2.31. The van der Waals surface area contributed by atoms with E-state index in [1.165, 1.54) is 6.07 Å². The molecule has 0 saturated carbocycles. The maximum atomic E-state index is 12.2. The lowest BCUT2D eigenvalue weighted by molar-refractivity contribution is -0.137. The van der Waals surface area contributed by atoms with Gasteiger partial charge in [0, 0.05) is 18.5 Å². The Hall–Kier alpha value is -0.960. The Kier molecular flexibility index (Phi) is 5.48. The zero-order valence-corrected chi connectivity index (χ0v) is 10.3. The minimum absolute atomic E-state index is 0.0902. The van der Waals surface area contributed by atoms with Gasteiger partial charge >= 0.3 is 12.4 Å². The van der Waals surface area contributed by atoms with E-state index >= 15 is 0 Å². The van der Waals surface area contributed by atoms with Gasteiger partial charge in [-0.1, -0.05) is 0 Å². The highest BCUT2D eigenvalue weighted by atomic mass is 32.2. The molecule has 1 aromatic rings. The molecule has 1 heterocycles. The smallest absolute Gasteiger partial charge is 0.308 e. The average molecular weight is 304 g/mol.